The molecular weight excluding hydrogens is 174 g/mol. The van der Waals surface area contributed by atoms with E-state index >= 15 is 0 Å². The minimum atomic E-state index is -0.324. The number of nitrogens with one attached hydrogen (secondary N) is 1. The molecule has 0 aliphatic carbocycles. The molecule has 2 N–H and O–H groups in total. The zero-order chi connectivity index (χ0) is 9.97. The molecule has 2 unspecified atom stereocenters. The molecule has 1 heterocycles. The highest BCUT2D eigenvalue weighted by atomic mass is 16.3. The maximum absolute atomic E-state index is 9.48. The first kappa shape index (κ1) is 9.69. The Bertz CT molecular complexity index is 294. The molecule has 1 fully saturated rings. The van der Waals surface area contributed by atoms with Gasteiger partial charge >= 0.3 is 0 Å². The van der Waals surface area contributed by atoms with Crippen molar-refractivity contribution < 1.29 is 5.11 Å². The van der Waals surface area contributed by atoms with Gasteiger partial charge in [-0.3, -0.25) is 5.32 Å². The van der Waals surface area contributed by atoms with Crippen molar-refractivity contribution in [2.24, 2.45) is 0 Å². The van der Waals surface area contributed by atoms with Crippen LogP contribution < -0.4 is 5.32 Å². The lowest BCUT2D eigenvalue weighted by molar-refractivity contribution is 0.0852. The van der Waals surface area contributed by atoms with Crippen LogP contribution in [0.15, 0.2) is 24.3 Å². The Morgan fingerprint density at radius 3 is 2.57 bits per heavy atom. The van der Waals surface area contributed by atoms with E-state index in [9.17, 15) is 5.11 Å². The minimum Gasteiger partial charge on any atom is -0.379 e. The lowest BCUT2D eigenvalue weighted by Gasteiger charge is -2.28. The normalized spacial score (nSPS) is 27.6. The Hall–Kier alpha value is -0.860. The SMILES string of the molecule is Cc1ccc(C2CCCC(O)N2)cc1. The molecule has 0 radical (unpaired) electrons. The third-order valence-corrected chi connectivity index (χ3v) is 2.84. The molecule has 1 aromatic carbocycles. The van der Waals surface area contributed by atoms with Crippen molar-refractivity contribution in [3.63, 3.8) is 0 Å². The third kappa shape index (κ3) is 2.14. The molecule has 0 spiro atoms. The van der Waals surface area contributed by atoms with Gasteiger partial charge in [0, 0.05) is 6.04 Å². The van der Waals surface area contributed by atoms with E-state index in [0.717, 1.165) is 19.3 Å². The molecule has 0 amide bonds. The summed E-state index contributed by atoms with van der Waals surface area (Å²) in [7, 11) is 0. The predicted octanol–water partition coefficient (Wildman–Crippen LogP) is 2.13. The molecule has 76 valence electrons. The number of aliphatic hydroxyl groups is 1. The van der Waals surface area contributed by atoms with Gasteiger partial charge in [-0.1, -0.05) is 29.8 Å². The number of aliphatic hydroxyl groups excluding tert-OH is 1. The largest absolute Gasteiger partial charge is 0.379 e. The van der Waals surface area contributed by atoms with Gasteiger partial charge in [0.1, 0.15) is 6.23 Å². The van der Waals surface area contributed by atoms with Crippen LogP contribution in [0.4, 0.5) is 0 Å². The fourth-order valence-corrected chi connectivity index (χ4v) is 1.98. The van der Waals surface area contributed by atoms with Crippen LogP contribution in [-0.2, 0) is 0 Å². The number of rotatable bonds is 1. The maximum atomic E-state index is 9.48. The Balaban J connectivity index is 2.10. The molecule has 0 saturated carbocycles. The van der Waals surface area contributed by atoms with Crippen molar-refractivity contribution in [2.45, 2.75) is 38.5 Å². The molecule has 0 aromatic heterocycles. The van der Waals surface area contributed by atoms with E-state index in [-0.39, 0.29) is 6.23 Å². The molecule has 0 bridgehead atoms. The van der Waals surface area contributed by atoms with E-state index in [1.165, 1.54) is 11.1 Å². The fourth-order valence-electron chi connectivity index (χ4n) is 1.98. The van der Waals surface area contributed by atoms with Crippen molar-refractivity contribution in [2.75, 3.05) is 0 Å². The van der Waals surface area contributed by atoms with Crippen LogP contribution in [0.5, 0.6) is 0 Å². The summed E-state index contributed by atoms with van der Waals surface area (Å²) in [5.74, 6) is 0. The van der Waals surface area contributed by atoms with E-state index in [2.05, 4.69) is 36.5 Å². The summed E-state index contributed by atoms with van der Waals surface area (Å²) >= 11 is 0. The molecule has 1 aliphatic rings. The van der Waals surface area contributed by atoms with Crippen LogP contribution in [0.3, 0.4) is 0 Å². The van der Waals surface area contributed by atoms with Gasteiger partial charge in [-0.2, -0.15) is 0 Å². The number of benzene rings is 1. The zero-order valence-corrected chi connectivity index (χ0v) is 8.53. The molecule has 1 aliphatic heterocycles. The van der Waals surface area contributed by atoms with Crippen molar-refractivity contribution in [3.8, 4) is 0 Å². The Morgan fingerprint density at radius 1 is 1.21 bits per heavy atom. The molecule has 2 nitrogen and oxygen atoms in total. The maximum Gasteiger partial charge on any atom is 0.105 e. The van der Waals surface area contributed by atoms with Crippen LogP contribution in [0.1, 0.15) is 36.4 Å². The van der Waals surface area contributed by atoms with Gasteiger partial charge in [-0.15, -0.1) is 0 Å². The number of aryl methyl sites for hydroxylation is 1. The molecule has 2 heteroatoms. The van der Waals surface area contributed by atoms with Crippen LogP contribution in [0.25, 0.3) is 0 Å². The lowest BCUT2D eigenvalue weighted by atomic mass is 9.96. The molecule has 1 aromatic rings. The second-order valence-electron chi connectivity index (χ2n) is 4.08. The van der Waals surface area contributed by atoms with E-state index < -0.39 is 0 Å². The summed E-state index contributed by atoms with van der Waals surface area (Å²) in [6.07, 6.45) is 2.78. The number of hydrogen-bond donors (Lipinski definition) is 2. The summed E-state index contributed by atoms with van der Waals surface area (Å²) in [6, 6.07) is 8.87. The first-order valence-corrected chi connectivity index (χ1v) is 5.26. The Kier molecular flexibility index (Phi) is 2.85. The second-order valence-corrected chi connectivity index (χ2v) is 4.08. The quantitative estimate of drug-likeness (QED) is 0.712. The van der Waals surface area contributed by atoms with Gasteiger partial charge in [0.05, 0.1) is 0 Å². The third-order valence-electron chi connectivity index (χ3n) is 2.84. The van der Waals surface area contributed by atoms with Crippen molar-refractivity contribution >= 4 is 0 Å². The zero-order valence-electron chi connectivity index (χ0n) is 8.53. The summed E-state index contributed by atoms with van der Waals surface area (Å²) in [6.45, 7) is 2.09. The summed E-state index contributed by atoms with van der Waals surface area (Å²) in [5.41, 5.74) is 2.57. The highest BCUT2D eigenvalue weighted by Gasteiger charge is 2.19. The summed E-state index contributed by atoms with van der Waals surface area (Å²) in [4.78, 5) is 0. The summed E-state index contributed by atoms with van der Waals surface area (Å²) in [5, 5.41) is 12.7. The first-order chi connectivity index (χ1) is 6.75. The first-order valence-electron chi connectivity index (χ1n) is 5.26. The van der Waals surface area contributed by atoms with E-state index in [1.54, 1.807) is 0 Å². The topological polar surface area (TPSA) is 32.3 Å². The van der Waals surface area contributed by atoms with Crippen LogP contribution in [0.2, 0.25) is 0 Å². The van der Waals surface area contributed by atoms with Gasteiger partial charge in [-0.25, -0.2) is 0 Å². The minimum absolute atomic E-state index is 0.324. The molecule has 14 heavy (non-hydrogen) atoms. The van der Waals surface area contributed by atoms with Crippen molar-refractivity contribution in [3.05, 3.63) is 35.4 Å². The van der Waals surface area contributed by atoms with Crippen LogP contribution in [0, 0.1) is 6.92 Å². The molecule has 2 rings (SSSR count). The average Bonchev–Trinajstić information content (AvgIpc) is 2.19. The van der Waals surface area contributed by atoms with Crippen LogP contribution in [-0.4, -0.2) is 11.3 Å². The standard InChI is InChI=1S/C12H17NO/c1-9-5-7-10(8-6-9)11-3-2-4-12(14)13-11/h5-8,11-14H,2-4H2,1H3. The lowest BCUT2D eigenvalue weighted by Crippen LogP contribution is -2.36. The van der Waals surface area contributed by atoms with Gasteiger partial charge in [0.15, 0.2) is 0 Å². The highest BCUT2D eigenvalue weighted by Crippen LogP contribution is 2.24. The summed E-state index contributed by atoms with van der Waals surface area (Å²) < 4.78 is 0. The van der Waals surface area contributed by atoms with Gasteiger partial charge in [0.25, 0.3) is 0 Å². The van der Waals surface area contributed by atoms with Gasteiger partial charge in [0.2, 0.25) is 0 Å². The van der Waals surface area contributed by atoms with Gasteiger partial charge < -0.3 is 5.11 Å². The van der Waals surface area contributed by atoms with E-state index in [4.69, 9.17) is 0 Å². The average molecular weight is 191 g/mol. The monoisotopic (exact) mass is 191 g/mol. The molecule has 2 atom stereocenters. The highest BCUT2D eigenvalue weighted by molar-refractivity contribution is 5.24. The Morgan fingerprint density at radius 2 is 1.93 bits per heavy atom. The van der Waals surface area contributed by atoms with Crippen molar-refractivity contribution in [1.29, 1.82) is 0 Å². The number of piperidine rings is 1. The van der Waals surface area contributed by atoms with Gasteiger partial charge in [-0.05, 0) is 31.7 Å². The fraction of sp³-hybridized carbons (Fsp3) is 0.500. The smallest absolute Gasteiger partial charge is 0.105 e. The van der Waals surface area contributed by atoms with E-state index in [0.29, 0.717) is 6.04 Å². The van der Waals surface area contributed by atoms with Crippen molar-refractivity contribution in [1.82, 2.24) is 5.32 Å². The molecular formula is C12H17NO. The predicted molar refractivity (Wildman–Crippen MR) is 56.9 cm³/mol. The number of hydrogen-bond acceptors (Lipinski definition) is 2. The second kappa shape index (κ2) is 4.11. The van der Waals surface area contributed by atoms with E-state index in [1.807, 2.05) is 0 Å². The Labute approximate surface area is 85.0 Å². The van der Waals surface area contributed by atoms with Crippen LogP contribution >= 0.6 is 0 Å². The molecule has 1 saturated heterocycles.